The summed E-state index contributed by atoms with van der Waals surface area (Å²) in [6.07, 6.45) is 0. The van der Waals surface area contributed by atoms with E-state index < -0.39 is 0 Å². The van der Waals surface area contributed by atoms with Gasteiger partial charge in [-0.2, -0.15) is 5.10 Å². The van der Waals surface area contributed by atoms with Crippen LogP contribution in [0.25, 0.3) is 11.1 Å². The van der Waals surface area contributed by atoms with Gasteiger partial charge in [-0.1, -0.05) is 44.2 Å². The molecule has 0 saturated heterocycles. The molecule has 0 saturated carbocycles. The first kappa shape index (κ1) is 13.7. The summed E-state index contributed by atoms with van der Waals surface area (Å²) in [5.41, 5.74) is 2.57. The van der Waals surface area contributed by atoms with Gasteiger partial charge in [-0.3, -0.25) is 0 Å². The molecule has 0 radical (unpaired) electrons. The van der Waals surface area contributed by atoms with Crippen molar-refractivity contribution >= 4 is 0 Å². The van der Waals surface area contributed by atoms with Gasteiger partial charge in [0.1, 0.15) is 0 Å². The smallest absolute Gasteiger partial charge is 0.218 e. The number of aromatic hydroxyl groups is 1. The number of hydrogen-bond acceptors (Lipinski definition) is 2. The van der Waals surface area contributed by atoms with Crippen LogP contribution >= 0.6 is 0 Å². The van der Waals surface area contributed by atoms with E-state index in [1.807, 2.05) is 51.1 Å². The fraction of sp³-hybridized carbons (Fsp3) is 0.438. The molecule has 0 unspecified atom stereocenters. The van der Waals surface area contributed by atoms with E-state index in [1.165, 1.54) is 0 Å². The molecule has 102 valence electrons. The molecule has 2 rings (SSSR count). The molecule has 0 fully saturated rings. The maximum atomic E-state index is 10.5. The summed E-state index contributed by atoms with van der Waals surface area (Å²) >= 11 is 0. The molecule has 19 heavy (non-hydrogen) atoms. The number of aromatic nitrogens is 2. The van der Waals surface area contributed by atoms with Gasteiger partial charge in [-0.15, -0.1) is 0 Å². The van der Waals surface area contributed by atoms with Crippen LogP contribution in [0.5, 0.6) is 5.88 Å². The highest BCUT2D eigenvalue weighted by Gasteiger charge is 2.26. The van der Waals surface area contributed by atoms with Crippen molar-refractivity contribution in [3.05, 3.63) is 36.0 Å². The van der Waals surface area contributed by atoms with Crippen LogP contribution in [0.3, 0.4) is 0 Å². The summed E-state index contributed by atoms with van der Waals surface area (Å²) in [5.74, 6) is 0.520. The zero-order valence-electron chi connectivity index (χ0n) is 12.3. The summed E-state index contributed by atoms with van der Waals surface area (Å²) in [7, 11) is 0. The third-order valence-corrected chi connectivity index (χ3v) is 3.13. The van der Waals surface area contributed by atoms with Crippen molar-refractivity contribution < 1.29 is 5.11 Å². The van der Waals surface area contributed by atoms with Gasteiger partial charge in [0.05, 0.1) is 16.8 Å². The van der Waals surface area contributed by atoms with E-state index in [4.69, 9.17) is 0 Å². The minimum atomic E-state index is -0.235. The lowest BCUT2D eigenvalue weighted by Gasteiger charge is -2.20. The second kappa shape index (κ2) is 4.72. The molecular formula is C16H22N2O. The molecule has 0 aliphatic heterocycles. The van der Waals surface area contributed by atoms with Crippen molar-refractivity contribution in [2.45, 2.75) is 46.1 Å². The molecule has 1 aromatic heterocycles. The second-order valence-corrected chi connectivity index (χ2v) is 6.19. The predicted octanol–water partition coefficient (Wildman–Crippen LogP) is 4.13. The van der Waals surface area contributed by atoms with Gasteiger partial charge in [0.25, 0.3) is 0 Å². The molecule has 2 aromatic rings. The van der Waals surface area contributed by atoms with Crippen LogP contribution in [0.4, 0.5) is 0 Å². The Morgan fingerprint density at radius 3 is 2.16 bits per heavy atom. The first-order valence-electron chi connectivity index (χ1n) is 6.70. The third kappa shape index (κ3) is 2.50. The standard InChI is InChI=1S/C16H22N2O/c1-11(2)14-13(12-9-7-6-8-10-12)15(19)18(17-14)16(3,4)5/h6-11,19H,1-5H3. The monoisotopic (exact) mass is 258 g/mol. The first-order chi connectivity index (χ1) is 8.82. The van der Waals surface area contributed by atoms with E-state index in [9.17, 15) is 5.11 Å². The van der Waals surface area contributed by atoms with E-state index in [-0.39, 0.29) is 17.3 Å². The van der Waals surface area contributed by atoms with Crippen molar-refractivity contribution in [2.24, 2.45) is 0 Å². The molecule has 0 aliphatic rings. The number of rotatable bonds is 2. The summed E-state index contributed by atoms with van der Waals surface area (Å²) in [6.45, 7) is 10.3. The Balaban J connectivity index is 2.69. The zero-order chi connectivity index (χ0) is 14.2. The molecule has 0 aliphatic carbocycles. The van der Waals surface area contributed by atoms with E-state index in [0.29, 0.717) is 0 Å². The van der Waals surface area contributed by atoms with Crippen molar-refractivity contribution in [1.82, 2.24) is 9.78 Å². The molecule has 0 spiro atoms. The van der Waals surface area contributed by atoms with Crippen LogP contribution in [-0.4, -0.2) is 14.9 Å². The molecule has 1 N–H and O–H groups in total. The lowest BCUT2D eigenvalue weighted by molar-refractivity contribution is 0.294. The van der Waals surface area contributed by atoms with Gasteiger partial charge in [-0.05, 0) is 32.3 Å². The fourth-order valence-corrected chi connectivity index (χ4v) is 2.18. The maximum absolute atomic E-state index is 10.5. The largest absolute Gasteiger partial charge is 0.493 e. The SMILES string of the molecule is CC(C)c1nn(C(C)(C)C)c(O)c1-c1ccccc1. The quantitative estimate of drug-likeness (QED) is 0.879. The molecule has 0 atom stereocenters. The van der Waals surface area contributed by atoms with Crippen LogP contribution < -0.4 is 0 Å². The molecule has 0 amide bonds. The van der Waals surface area contributed by atoms with Gasteiger partial charge >= 0.3 is 0 Å². The highest BCUT2D eigenvalue weighted by atomic mass is 16.3. The Bertz CT molecular complexity index is 562. The van der Waals surface area contributed by atoms with Crippen LogP contribution in [0, 0.1) is 0 Å². The topological polar surface area (TPSA) is 38.0 Å². The summed E-state index contributed by atoms with van der Waals surface area (Å²) in [6, 6.07) is 9.95. The summed E-state index contributed by atoms with van der Waals surface area (Å²) in [5, 5.41) is 15.2. The lowest BCUT2D eigenvalue weighted by atomic mass is 9.99. The summed E-state index contributed by atoms with van der Waals surface area (Å²) in [4.78, 5) is 0. The molecule has 3 heteroatoms. The fourth-order valence-electron chi connectivity index (χ4n) is 2.18. The van der Waals surface area contributed by atoms with Crippen molar-refractivity contribution in [2.75, 3.05) is 0 Å². The van der Waals surface area contributed by atoms with Gasteiger partial charge in [0.15, 0.2) is 0 Å². The van der Waals surface area contributed by atoms with Crippen molar-refractivity contribution in [1.29, 1.82) is 0 Å². The normalized spacial score (nSPS) is 12.1. The van der Waals surface area contributed by atoms with Crippen molar-refractivity contribution in [3.63, 3.8) is 0 Å². The predicted molar refractivity (Wildman–Crippen MR) is 78.4 cm³/mol. The summed E-state index contributed by atoms with van der Waals surface area (Å²) < 4.78 is 1.71. The van der Waals surface area contributed by atoms with E-state index >= 15 is 0 Å². The van der Waals surface area contributed by atoms with Crippen LogP contribution in [0.2, 0.25) is 0 Å². The number of benzene rings is 1. The Morgan fingerprint density at radius 1 is 1.11 bits per heavy atom. The van der Waals surface area contributed by atoms with Crippen LogP contribution in [0.15, 0.2) is 30.3 Å². The minimum Gasteiger partial charge on any atom is -0.493 e. The Hall–Kier alpha value is -1.77. The molecular weight excluding hydrogens is 236 g/mol. The Labute approximate surface area is 114 Å². The second-order valence-electron chi connectivity index (χ2n) is 6.19. The molecule has 1 heterocycles. The average molecular weight is 258 g/mol. The molecule has 1 aromatic carbocycles. The maximum Gasteiger partial charge on any atom is 0.218 e. The Kier molecular flexibility index (Phi) is 3.40. The van der Waals surface area contributed by atoms with Gasteiger partial charge in [0.2, 0.25) is 5.88 Å². The first-order valence-corrected chi connectivity index (χ1v) is 6.70. The van der Waals surface area contributed by atoms with Gasteiger partial charge in [-0.25, -0.2) is 4.68 Å². The van der Waals surface area contributed by atoms with E-state index in [0.717, 1.165) is 16.8 Å². The lowest BCUT2D eigenvalue weighted by Crippen LogP contribution is -2.22. The van der Waals surface area contributed by atoms with Gasteiger partial charge < -0.3 is 5.11 Å². The average Bonchev–Trinajstić information content (AvgIpc) is 2.68. The minimum absolute atomic E-state index is 0.235. The van der Waals surface area contributed by atoms with E-state index in [1.54, 1.807) is 4.68 Å². The molecule has 0 bridgehead atoms. The zero-order valence-corrected chi connectivity index (χ0v) is 12.3. The number of nitrogens with zero attached hydrogens (tertiary/aromatic N) is 2. The number of hydrogen-bond donors (Lipinski definition) is 1. The highest BCUT2D eigenvalue weighted by molar-refractivity contribution is 5.71. The van der Waals surface area contributed by atoms with E-state index in [2.05, 4.69) is 18.9 Å². The Morgan fingerprint density at radius 2 is 1.68 bits per heavy atom. The highest BCUT2D eigenvalue weighted by Crippen LogP contribution is 2.38. The van der Waals surface area contributed by atoms with Gasteiger partial charge in [0, 0.05) is 0 Å². The van der Waals surface area contributed by atoms with Crippen LogP contribution in [-0.2, 0) is 5.54 Å². The van der Waals surface area contributed by atoms with Crippen LogP contribution in [0.1, 0.15) is 46.2 Å². The van der Waals surface area contributed by atoms with Crippen molar-refractivity contribution in [3.8, 4) is 17.0 Å². The third-order valence-electron chi connectivity index (χ3n) is 3.13. The molecule has 3 nitrogen and oxygen atoms in total.